The maximum Gasteiger partial charge on any atom is 0.231 e. The summed E-state index contributed by atoms with van der Waals surface area (Å²) in [6, 6.07) is 5.74. The van der Waals surface area contributed by atoms with Gasteiger partial charge >= 0.3 is 0 Å². The van der Waals surface area contributed by atoms with Crippen molar-refractivity contribution in [1.82, 2.24) is 0 Å². The van der Waals surface area contributed by atoms with E-state index in [4.69, 9.17) is 9.47 Å². The summed E-state index contributed by atoms with van der Waals surface area (Å²) in [5.41, 5.74) is 0.324. The van der Waals surface area contributed by atoms with Crippen LogP contribution in [-0.2, 0) is 5.60 Å². The van der Waals surface area contributed by atoms with Gasteiger partial charge in [-0.2, -0.15) is 0 Å². The highest BCUT2D eigenvalue weighted by Crippen LogP contribution is 2.42. The molecule has 0 amide bonds. The average molecular weight is 206 g/mol. The fourth-order valence-electron chi connectivity index (χ4n) is 2.43. The van der Waals surface area contributed by atoms with Gasteiger partial charge in [0.15, 0.2) is 11.5 Å². The van der Waals surface area contributed by atoms with E-state index in [1.807, 2.05) is 18.2 Å². The molecule has 1 aliphatic carbocycles. The van der Waals surface area contributed by atoms with Gasteiger partial charge in [-0.25, -0.2) is 0 Å². The van der Waals surface area contributed by atoms with Crippen LogP contribution in [0, 0.1) is 0 Å². The third kappa shape index (κ3) is 1.38. The third-order valence-electron chi connectivity index (χ3n) is 3.34. The van der Waals surface area contributed by atoms with Gasteiger partial charge in [-0.15, -0.1) is 0 Å². The minimum Gasteiger partial charge on any atom is -0.454 e. The Morgan fingerprint density at radius 2 is 1.80 bits per heavy atom. The van der Waals surface area contributed by atoms with Crippen molar-refractivity contribution in [1.29, 1.82) is 0 Å². The second-order valence-corrected chi connectivity index (χ2v) is 4.31. The molecule has 80 valence electrons. The minimum atomic E-state index is -0.638. The van der Waals surface area contributed by atoms with Gasteiger partial charge in [0.2, 0.25) is 6.79 Å². The number of hydrogen-bond acceptors (Lipinski definition) is 3. The molecule has 0 bridgehead atoms. The zero-order valence-electron chi connectivity index (χ0n) is 8.53. The van der Waals surface area contributed by atoms with Gasteiger partial charge in [0.1, 0.15) is 0 Å². The van der Waals surface area contributed by atoms with Crippen LogP contribution in [0.5, 0.6) is 11.5 Å². The lowest BCUT2D eigenvalue weighted by molar-refractivity contribution is 0.0443. The largest absolute Gasteiger partial charge is 0.454 e. The van der Waals surface area contributed by atoms with Gasteiger partial charge in [-0.3, -0.25) is 0 Å². The number of rotatable bonds is 1. The van der Waals surface area contributed by atoms with Gasteiger partial charge in [0.05, 0.1) is 5.60 Å². The summed E-state index contributed by atoms with van der Waals surface area (Å²) in [6.45, 7) is 0.289. The summed E-state index contributed by atoms with van der Waals surface area (Å²) in [6.07, 6.45) is 3.91. The smallest absolute Gasteiger partial charge is 0.231 e. The molecule has 0 spiro atoms. The van der Waals surface area contributed by atoms with Gasteiger partial charge in [0.25, 0.3) is 0 Å². The predicted octanol–water partition coefficient (Wildman–Crippen LogP) is 2.18. The van der Waals surface area contributed by atoms with Crippen LogP contribution in [0.25, 0.3) is 0 Å². The van der Waals surface area contributed by atoms with E-state index in [0.29, 0.717) is 0 Å². The van der Waals surface area contributed by atoms with Crippen LogP contribution in [0.4, 0.5) is 0 Å². The Kier molecular flexibility index (Phi) is 1.89. The Bertz CT molecular complexity index is 380. The first-order valence-electron chi connectivity index (χ1n) is 5.40. The Morgan fingerprint density at radius 3 is 2.60 bits per heavy atom. The lowest BCUT2D eigenvalue weighted by atomic mass is 9.92. The molecule has 0 unspecified atom stereocenters. The fourth-order valence-corrected chi connectivity index (χ4v) is 2.43. The molecule has 1 aromatic carbocycles. The Balaban J connectivity index is 1.98. The summed E-state index contributed by atoms with van der Waals surface area (Å²) in [4.78, 5) is 0. The van der Waals surface area contributed by atoms with Crippen LogP contribution in [-0.4, -0.2) is 11.9 Å². The van der Waals surface area contributed by atoms with E-state index >= 15 is 0 Å². The highest BCUT2D eigenvalue weighted by molar-refractivity contribution is 5.46. The van der Waals surface area contributed by atoms with E-state index in [2.05, 4.69) is 0 Å². The molecule has 3 heteroatoms. The molecule has 1 N–H and O–H groups in total. The van der Waals surface area contributed by atoms with Crippen molar-refractivity contribution in [3.63, 3.8) is 0 Å². The molecule has 0 radical (unpaired) electrons. The summed E-state index contributed by atoms with van der Waals surface area (Å²) in [5.74, 6) is 1.54. The molecule has 0 saturated heterocycles. The van der Waals surface area contributed by atoms with Gasteiger partial charge in [0, 0.05) is 0 Å². The monoisotopic (exact) mass is 206 g/mol. The first-order chi connectivity index (χ1) is 7.28. The summed E-state index contributed by atoms with van der Waals surface area (Å²) >= 11 is 0. The van der Waals surface area contributed by atoms with Crippen LogP contribution >= 0.6 is 0 Å². The topological polar surface area (TPSA) is 38.7 Å². The molecule has 1 aromatic rings. The van der Waals surface area contributed by atoms with E-state index in [1.54, 1.807) is 0 Å². The second kappa shape index (κ2) is 3.14. The van der Waals surface area contributed by atoms with Crippen LogP contribution in [0.1, 0.15) is 31.2 Å². The van der Waals surface area contributed by atoms with Crippen molar-refractivity contribution in [2.24, 2.45) is 0 Å². The number of ether oxygens (including phenoxy) is 2. The SMILES string of the molecule is OC1(c2ccc3c(c2)OCO3)CCCC1. The molecule has 3 rings (SSSR count). The normalized spacial score (nSPS) is 21.9. The Labute approximate surface area is 88.6 Å². The van der Waals surface area contributed by atoms with E-state index in [-0.39, 0.29) is 6.79 Å². The number of hydrogen-bond donors (Lipinski definition) is 1. The molecule has 2 aliphatic rings. The van der Waals surface area contributed by atoms with Gasteiger partial charge in [-0.05, 0) is 30.5 Å². The van der Waals surface area contributed by atoms with Gasteiger partial charge in [-0.1, -0.05) is 18.9 Å². The third-order valence-corrected chi connectivity index (χ3v) is 3.34. The highest BCUT2D eigenvalue weighted by Gasteiger charge is 2.34. The first-order valence-corrected chi connectivity index (χ1v) is 5.40. The number of benzene rings is 1. The molecule has 3 nitrogen and oxygen atoms in total. The molecular weight excluding hydrogens is 192 g/mol. The van der Waals surface area contributed by atoms with Crippen molar-refractivity contribution < 1.29 is 14.6 Å². The number of fused-ring (bicyclic) bond motifs is 1. The maximum atomic E-state index is 10.4. The summed E-state index contributed by atoms with van der Waals surface area (Å²) in [7, 11) is 0. The lowest BCUT2D eigenvalue weighted by Gasteiger charge is -2.22. The molecular formula is C12H14O3. The number of aliphatic hydroxyl groups is 1. The first kappa shape index (κ1) is 9.04. The van der Waals surface area contributed by atoms with Crippen LogP contribution in [0.2, 0.25) is 0 Å². The lowest BCUT2D eigenvalue weighted by Crippen LogP contribution is -2.20. The molecule has 1 aliphatic heterocycles. The quantitative estimate of drug-likeness (QED) is 0.765. The summed E-state index contributed by atoms with van der Waals surface area (Å²) in [5, 5.41) is 10.4. The molecule has 15 heavy (non-hydrogen) atoms. The van der Waals surface area contributed by atoms with E-state index in [9.17, 15) is 5.11 Å². The zero-order valence-corrected chi connectivity index (χ0v) is 8.53. The van der Waals surface area contributed by atoms with Crippen molar-refractivity contribution in [3.05, 3.63) is 23.8 Å². The van der Waals surface area contributed by atoms with Crippen molar-refractivity contribution in [2.45, 2.75) is 31.3 Å². The van der Waals surface area contributed by atoms with Gasteiger partial charge < -0.3 is 14.6 Å². The van der Waals surface area contributed by atoms with E-state index < -0.39 is 5.60 Å². The van der Waals surface area contributed by atoms with E-state index in [1.165, 1.54) is 0 Å². The average Bonchev–Trinajstić information content (AvgIpc) is 2.85. The molecule has 0 aromatic heterocycles. The van der Waals surface area contributed by atoms with Crippen LogP contribution < -0.4 is 9.47 Å². The maximum absolute atomic E-state index is 10.4. The van der Waals surface area contributed by atoms with Crippen LogP contribution in [0.3, 0.4) is 0 Å². The molecule has 1 heterocycles. The Hall–Kier alpha value is -1.22. The Morgan fingerprint density at radius 1 is 1.07 bits per heavy atom. The highest BCUT2D eigenvalue weighted by atomic mass is 16.7. The van der Waals surface area contributed by atoms with Crippen molar-refractivity contribution in [2.75, 3.05) is 6.79 Å². The summed E-state index contributed by atoms with van der Waals surface area (Å²) < 4.78 is 10.6. The van der Waals surface area contributed by atoms with Crippen molar-refractivity contribution in [3.8, 4) is 11.5 Å². The molecule has 0 atom stereocenters. The molecule has 1 fully saturated rings. The van der Waals surface area contributed by atoms with Crippen molar-refractivity contribution >= 4 is 0 Å². The molecule has 1 saturated carbocycles. The zero-order chi connectivity index (χ0) is 10.3. The predicted molar refractivity (Wildman–Crippen MR) is 54.9 cm³/mol. The second-order valence-electron chi connectivity index (χ2n) is 4.31. The van der Waals surface area contributed by atoms with Crippen LogP contribution in [0.15, 0.2) is 18.2 Å². The minimum absolute atomic E-state index is 0.289. The fraction of sp³-hybridized carbons (Fsp3) is 0.500. The van der Waals surface area contributed by atoms with E-state index in [0.717, 1.165) is 42.7 Å². The standard InChI is InChI=1S/C12H14O3/c13-12(5-1-2-6-12)9-3-4-10-11(7-9)15-8-14-10/h3-4,7,13H,1-2,5-6,8H2.